The van der Waals surface area contributed by atoms with Crippen LogP contribution in [0.1, 0.15) is 15.9 Å². The fraction of sp³-hybridized carbons (Fsp3) is 0.125. The standard InChI is InChI=1S/C16H14FN3O/c1-20(14-5-3-9-19-11-14)16(21)15-7-6-13(17)10-12(15)4-2-8-18/h3,5-7,9-11H,8,18H2,1H3. The highest BCUT2D eigenvalue weighted by Gasteiger charge is 2.17. The van der Waals surface area contributed by atoms with Crippen molar-refractivity contribution in [3.8, 4) is 11.8 Å². The van der Waals surface area contributed by atoms with Gasteiger partial charge in [0.1, 0.15) is 5.82 Å². The maximum Gasteiger partial charge on any atom is 0.259 e. The molecule has 21 heavy (non-hydrogen) atoms. The molecule has 2 aromatic rings. The number of carbonyl (C=O) groups excluding carboxylic acids is 1. The zero-order valence-electron chi connectivity index (χ0n) is 11.5. The molecule has 0 fully saturated rings. The molecule has 106 valence electrons. The first-order chi connectivity index (χ1) is 10.1. The highest BCUT2D eigenvalue weighted by atomic mass is 19.1. The lowest BCUT2D eigenvalue weighted by Crippen LogP contribution is -2.27. The summed E-state index contributed by atoms with van der Waals surface area (Å²) in [5.74, 6) is 4.62. The van der Waals surface area contributed by atoms with Crippen molar-refractivity contribution in [2.45, 2.75) is 0 Å². The van der Waals surface area contributed by atoms with E-state index in [1.807, 2.05) is 0 Å². The number of halogens is 1. The smallest absolute Gasteiger partial charge is 0.259 e. The summed E-state index contributed by atoms with van der Waals surface area (Å²) in [6.45, 7) is 0.141. The van der Waals surface area contributed by atoms with Crippen LogP contribution in [-0.4, -0.2) is 24.5 Å². The van der Waals surface area contributed by atoms with Crippen LogP contribution >= 0.6 is 0 Å². The van der Waals surface area contributed by atoms with Crippen molar-refractivity contribution in [2.24, 2.45) is 5.73 Å². The van der Waals surface area contributed by atoms with Crippen molar-refractivity contribution in [1.29, 1.82) is 0 Å². The number of benzene rings is 1. The van der Waals surface area contributed by atoms with E-state index >= 15 is 0 Å². The van der Waals surface area contributed by atoms with Crippen molar-refractivity contribution in [2.75, 3.05) is 18.5 Å². The lowest BCUT2D eigenvalue weighted by atomic mass is 10.1. The SMILES string of the molecule is CN(C(=O)c1ccc(F)cc1C#CCN)c1cccnc1. The van der Waals surface area contributed by atoms with Crippen LogP contribution in [0.5, 0.6) is 0 Å². The largest absolute Gasteiger partial charge is 0.320 e. The second-order valence-electron chi connectivity index (χ2n) is 4.27. The van der Waals surface area contributed by atoms with Crippen LogP contribution in [-0.2, 0) is 0 Å². The maximum absolute atomic E-state index is 13.3. The van der Waals surface area contributed by atoms with Gasteiger partial charge < -0.3 is 10.6 Å². The summed E-state index contributed by atoms with van der Waals surface area (Å²) in [5.41, 5.74) is 6.61. The van der Waals surface area contributed by atoms with E-state index in [9.17, 15) is 9.18 Å². The minimum Gasteiger partial charge on any atom is -0.320 e. The lowest BCUT2D eigenvalue weighted by molar-refractivity contribution is 0.0992. The molecule has 2 rings (SSSR count). The number of hydrogen-bond acceptors (Lipinski definition) is 3. The Morgan fingerprint density at radius 2 is 2.24 bits per heavy atom. The van der Waals surface area contributed by atoms with Crippen molar-refractivity contribution in [3.63, 3.8) is 0 Å². The van der Waals surface area contributed by atoms with Crippen molar-refractivity contribution < 1.29 is 9.18 Å². The van der Waals surface area contributed by atoms with Crippen molar-refractivity contribution >= 4 is 11.6 Å². The molecule has 0 aliphatic carbocycles. The number of aromatic nitrogens is 1. The van der Waals surface area contributed by atoms with Gasteiger partial charge in [0.15, 0.2) is 0 Å². The van der Waals surface area contributed by atoms with Gasteiger partial charge in [0.25, 0.3) is 5.91 Å². The van der Waals surface area contributed by atoms with E-state index in [0.717, 1.165) is 0 Å². The topological polar surface area (TPSA) is 59.2 Å². The van der Waals surface area contributed by atoms with Gasteiger partial charge in [-0.2, -0.15) is 0 Å². The summed E-state index contributed by atoms with van der Waals surface area (Å²) >= 11 is 0. The minimum atomic E-state index is -0.447. The first-order valence-corrected chi connectivity index (χ1v) is 6.30. The first kappa shape index (κ1) is 14.7. The average molecular weight is 283 g/mol. The third kappa shape index (κ3) is 3.44. The number of anilines is 1. The summed E-state index contributed by atoms with van der Waals surface area (Å²) in [6.07, 6.45) is 3.20. The third-order valence-corrected chi connectivity index (χ3v) is 2.88. The van der Waals surface area contributed by atoms with E-state index in [4.69, 9.17) is 5.73 Å². The Hall–Kier alpha value is -2.71. The highest BCUT2D eigenvalue weighted by Crippen LogP contribution is 2.17. The molecule has 1 aromatic heterocycles. The number of rotatable bonds is 2. The molecule has 1 amide bonds. The second kappa shape index (κ2) is 6.64. The Morgan fingerprint density at radius 3 is 2.90 bits per heavy atom. The molecule has 0 radical (unpaired) electrons. The molecule has 1 aromatic carbocycles. The van der Waals surface area contributed by atoms with Gasteiger partial charge in [0.2, 0.25) is 0 Å². The van der Waals surface area contributed by atoms with Crippen LogP contribution in [0, 0.1) is 17.7 Å². The van der Waals surface area contributed by atoms with E-state index < -0.39 is 5.82 Å². The Kier molecular flexibility index (Phi) is 4.64. The molecule has 0 bridgehead atoms. The predicted octanol–water partition coefficient (Wildman–Crippen LogP) is 1.81. The number of nitrogens with zero attached hydrogens (tertiary/aromatic N) is 2. The molecule has 5 heteroatoms. The van der Waals surface area contributed by atoms with Gasteiger partial charge >= 0.3 is 0 Å². The van der Waals surface area contributed by atoms with Gasteiger partial charge in [-0.1, -0.05) is 11.8 Å². The molecule has 0 saturated heterocycles. The van der Waals surface area contributed by atoms with E-state index in [2.05, 4.69) is 16.8 Å². The number of hydrogen-bond donors (Lipinski definition) is 1. The van der Waals surface area contributed by atoms with Crippen LogP contribution in [0.2, 0.25) is 0 Å². The monoisotopic (exact) mass is 283 g/mol. The summed E-state index contributed by atoms with van der Waals surface area (Å²) in [6, 6.07) is 7.38. The van der Waals surface area contributed by atoms with Crippen LogP contribution in [0.15, 0.2) is 42.7 Å². The first-order valence-electron chi connectivity index (χ1n) is 6.30. The van der Waals surface area contributed by atoms with E-state index in [1.165, 1.54) is 23.1 Å². The Bertz CT molecular complexity index is 704. The van der Waals surface area contributed by atoms with Crippen LogP contribution < -0.4 is 10.6 Å². The summed E-state index contributed by atoms with van der Waals surface area (Å²) < 4.78 is 13.3. The van der Waals surface area contributed by atoms with Crippen LogP contribution in [0.25, 0.3) is 0 Å². The van der Waals surface area contributed by atoms with Gasteiger partial charge in [-0.05, 0) is 30.3 Å². The molecule has 4 nitrogen and oxygen atoms in total. The summed E-state index contributed by atoms with van der Waals surface area (Å²) in [7, 11) is 1.63. The molecule has 2 N–H and O–H groups in total. The van der Waals surface area contributed by atoms with Gasteiger partial charge in [-0.25, -0.2) is 4.39 Å². The van der Waals surface area contributed by atoms with Crippen molar-refractivity contribution in [1.82, 2.24) is 4.98 Å². The van der Waals surface area contributed by atoms with Gasteiger partial charge in [0, 0.05) is 18.8 Å². The minimum absolute atomic E-state index is 0.141. The number of pyridine rings is 1. The molecule has 0 aliphatic heterocycles. The Morgan fingerprint density at radius 1 is 1.43 bits per heavy atom. The van der Waals surface area contributed by atoms with E-state index in [1.54, 1.807) is 31.6 Å². The quantitative estimate of drug-likeness (QED) is 0.855. The normalized spacial score (nSPS) is 9.67. The second-order valence-corrected chi connectivity index (χ2v) is 4.27. The van der Waals surface area contributed by atoms with Gasteiger partial charge in [-0.15, -0.1) is 0 Å². The molecule has 0 atom stereocenters. The lowest BCUT2D eigenvalue weighted by Gasteiger charge is -2.17. The zero-order chi connectivity index (χ0) is 15.2. The summed E-state index contributed by atoms with van der Waals surface area (Å²) in [4.78, 5) is 17.9. The van der Waals surface area contributed by atoms with Gasteiger partial charge in [0.05, 0.1) is 24.0 Å². The maximum atomic E-state index is 13.3. The molecule has 1 heterocycles. The van der Waals surface area contributed by atoms with Crippen LogP contribution in [0.3, 0.4) is 0 Å². The highest BCUT2D eigenvalue weighted by molar-refractivity contribution is 6.07. The molecule has 0 saturated carbocycles. The molecular weight excluding hydrogens is 269 g/mol. The average Bonchev–Trinajstić information content (AvgIpc) is 2.52. The number of amides is 1. The number of nitrogens with two attached hydrogens (primary N) is 1. The summed E-state index contributed by atoms with van der Waals surface area (Å²) in [5, 5.41) is 0. The molecule has 0 unspecified atom stereocenters. The van der Waals surface area contributed by atoms with E-state index in [0.29, 0.717) is 16.8 Å². The third-order valence-electron chi connectivity index (χ3n) is 2.88. The number of carbonyl (C=O) groups is 1. The van der Waals surface area contributed by atoms with Crippen LogP contribution in [0.4, 0.5) is 10.1 Å². The van der Waals surface area contributed by atoms with Gasteiger partial charge in [-0.3, -0.25) is 9.78 Å². The fourth-order valence-corrected chi connectivity index (χ4v) is 1.80. The van der Waals surface area contributed by atoms with E-state index in [-0.39, 0.29) is 12.5 Å². The molecule has 0 spiro atoms. The fourth-order valence-electron chi connectivity index (χ4n) is 1.80. The molecule has 0 aliphatic rings. The Labute approximate surface area is 122 Å². The van der Waals surface area contributed by atoms with Crippen molar-refractivity contribution in [3.05, 3.63) is 59.7 Å². The predicted molar refractivity (Wildman–Crippen MR) is 79.3 cm³/mol. The molecular formula is C16H14FN3O. The zero-order valence-corrected chi connectivity index (χ0v) is 11.5. The Balaban J connectivity index is 2.39.